The fraction of sp³-hybridized carbons (Fsp3) is 0.556. The summed E-state index contributed by atoms with van der Waals surface area (Å²) in [4.78, 5) is 37.3. The number of carbonyl (C=O) groups is 2. The smallest absolute Gasteiger partial charge is 0.272 e. The number of rotatable bonds is 5. The lowest BCUT2D eigenvalue weighted by Gasteiger charge is -2.25. The fourth-order valence-electron chi connectivity index (χ4n) is 3.35. The molecule has 2 fully saturated rings. The van der Waals surface area contributed by atoms with Crippen molar-refractivity contribution >= 4 is 17.5 Å². The van der Waals surface area contributed by atoms with E-state index in [0.29, 0.717) is 24.1 Å². The number of amides is 2. The minimum Gasteiger partial charge on any atom is -0.348 e. The van der Waals surface area contributed by atoms with Gasteiger partial charge in [0.15, 0.2) is 0 Å². The number of hydrogen-bond acceptors (Lipinski definition) is 4. The fourth-order valence-corrected chi connectivity index (χ4v) is 3.35. The van der Waals surface area contributed by atoms with Crippen LogP contribution >= 0.6 is 0 Å². The predicted octanol–water partition coefficient (Wildman–Crippen LogP) is 2.48. The Bertz CT molecular complexity index is 714. The molecule has 0 aromatic heterocycles. The maximum absolute atomic E-state index is 12.6. The van der Waals surface area contributed by atoms with Gasteiger partial charge in [-0.3, -0.25) is 19.7 Å². The number of hydrogen-bond donors (Lipinski definition) is 1. The highest BCUT2D eigenvalue weighted by Gasteiger charge is 2.41. The van der Waals surface area contributed by atoms with Crippen molar-refractivity contribution in [3.63, 3.8) is 0 Å². The summed E-state index contributed by atoms with van der Waals surface area (Å²) in [5.41, 5.74) is 1.32. The molecule has 1 aliphatic carbocycles. The van der Waals surface area contributed by atoms with Crippen LogP contribution in [-0.4, -0.2) is 34.2 Å². The van der Waals surface area contributed by atoms with E-state index in [1.807, 2.05) is 0 Å². The Morgan fingerprint density at radius 1 is 1.32 bits per heavy atom. The topological polar surface area (TPSA) is 92.6 Å². The molecule has 2 aliphatic rings. The Morgan fingerprint density at radius 3 is 2.68 bits per heavy atom. The van der Waals surface area contributed by atoms with E-state index in [9.17, 15) is 19.7 Å². The molecule has 0 spiro atoms. The van der Waals surface area contributed by atoms with Crippen molar-refractivity contribution in [1.82, 2.24) is 10.2 Å². The predicted molar refractivity (Wildman–Crippen MR) is 91.9 cm³/mol. The number of nitro benzene ring substituents is 1. The third kappa shape index (κ3) is 3.65. The van der Waals surface area contributed by atoms with Crippen LogP contribution in [0.25, 0.3) is 0 Å². The molecule has 1 aromatic carbocycles. The van der Waals surface area contributed by atoms with E-state index in [-0.39, 0.29) is 29.5 Å². The lowest BCUT2D eigenvalue weighted by Crippen LogP contribution is -2.47. The summed E-state index contributed by atoms with van der Waals surface area (Å²) in [6.07, 6.45) is 3.35. The van der Waals surface area contributed by atoms with Gasteiger partial charge in [-0.15, -0.1) is 0 Å². The summed E-state index contributed by atoms with van der Waals surface area (Å²) in [5.74, 6) is 0.0177. The minimum absolute atomic E-state index is 0.0463. The third-order valence-electron chi connectivity index (χ3n) is 5.05. The van der Waals surface area contributed by atoms with Crippen LogP contribution in [0.3, 0.4) is 0 Å². The van der Waals surface area contributed by atoms with Crippen LogP contribution in [0.5, 0.6) is 0 Å². The zero-order valence-electron chi connectivity index (χ0n) is 14.5. The van der Waals surface area contributed by atoms with Gasteiger partial charge >= 0.3 is 0 Å². The SMILES string of the molecule is Cc1ccc([C@@H](C)NC(=O)[C@@H]2CCCN2C(=O)C2CC2)cc1[N+](=O)[O-]. The highest BCUT2D eigenvalue weighted by molar-refractivity contribution is 5.90. The van der Waals surface area contributed by atoms with E-state index in [4.69, 9.17) is 0 Å². The highest BCUT2D eigenvalue weighted by atomic mass is 16.6. The van der Waals surface area contributed by atoms with Gasteiger partial charge in [0.25, 0.3) is 5.69 Å². The first-order valence-electron chi connectivity index (χ1n) is 8.74. The van der Waals surface area contributed by atoms with Crippen LogP contribution in [0.2, 0.25) is 0 Å². The van der Waals surface area contributed by atoms with Gasteiger partial charge < -0.3 is 10.2 Å². The van der Waals surface area contributed by atoms with Gasteiger partial charge in [0, 0.05) is 24.1 Å². The molecule has 1 aromatic rings. The first-order chi connectivity index (χ1) is 11.9. The molecule has 0 radical (unpaired) electrons. The Morgan fingerprint density at radius 2 is 2.04 bits per heavy atom. The summed E-state index contributed by atoms with van der Waals surface area (Å²) in [6.45, 7) is 4.12. The number of likely N-dealkylation sites (tertiary alicyclic amines) is 1. The quantitative estimate of drug-likeness (QED) is 0.655. The van der Waals surface area contributed by atoms with E-state index in [1.54, 1.807) is 30.9 Å². The van der Waals surface area contributed by atoms with Gasteiger partial charge in [-0.1, -0.05) is 12.1 Å². The van der Waals surface area contributed by atoms with Gasteiger partial charge in [-0.05, 0) is 45.1 Å². The third-order valence-corrected chi connectivity index (χ3v) is 5.05. The summed E-state index contributed by atoms with van der Waals surface area (Å²) in [6, 6.07) is 4.20. The van der Waals surface area contributed by atoms with Gasteiger partial charge in [0.05, 0.1) is 11.0 Å². The van der Waals surface area contributed by atoms with Crippen molar-refractivity contribution in [2.45, 2.75) is 51.6 Å². The summed E-state index contributed by atoms with van der Waals surface area (Å²) in [5, 5.41) is 14.0. The summed E-state index contributed by atoms with van der Waals surface area (Å²) < 4.78 is 0. The van der Waals surface area contributed by atoms with Crippen LogP contribution in [0.1, 0.15) is 49.8 Å². The first-order valence-corrected chi connectivity index (χ1v) is 8.74. The molecule has 1 saturated carbocycles. The molecule has 7 nitrogen and oxygen atoms in total. The second-order valence-electron chi connectivity index (χ2n) is 7.00. The standard InChI is InChI=1S/C18H23N3O4/c1-11-5-6-14(10-16(11)21(24)25)12(2)19-17(22)15-4-3-9-20(15)18(23)13-7-8-13/h5-6,10,12-13,15H,3-4,7-9H2,1-2H3,(H,19,22)/t12-,15+/m1/s1. The molecular formula is C18H23N3O4. The van der Waals surface area contributed by atoms with E-state index >= 15 is 0 Å². The molecule has 7 heteroatoms. The van der Waals surface area contributed by atoms with Crippen molar-refractivity contribution in [1.29, 1.82) is 0 Å². The molecule has 3 rings (SSSR count). The minimum atomic E-state index is -0.420. The second kappa shape index (κ2) is 6.82. The van der Waals surface area contributed by atoms with Crippen LogP contribution < -0.4 is 5.32 Å². The zero-order valence-corrected chi connectivity index (χ0v) is 14.5. The lowest BCUT2D eigenvalue weighted by atomic mass is 10.0. The van der Waals surface area contributed by atoms with Crippen LogP contribution in [0, 0.1) is 23.0 Å². The number of nitro groups is 1. The molecule has 1 N–H and O–H groups in total. The van der Waals surface area contributed by atoms with E-state index in [0.717, 1.165) is 19.3 Å². The lowest BCUT2D eigenvalue weighted by molar-refractivity contribution is -0.385. The first kappa shape index (κ1) is 17.4. The molecular weight excluding hydrogens is 322 g/mol. The number of nitrogens with zero attached hydrogens (tertiary/aromatic N) is 2. The molecule has 1 saturated heterocycles. The van der Waals surface area contributed by atoms with Crippen LogP contribution in [0.15, 0.2) is 18.2 Å². The van der Waals surface area contributed by atoms with Crippen molar-refractivity contribution in [2.24, 2.45) is 5.92 Å². The van der Waals surface area contributed by atoms with Gasteiger partial charge in [-0.25, -0.2) is 0 Å². The van der Waals surface area contributed by atoms with Crippen molar-refractivity contribution in [3.05, 3.63) is 39.4 Å². The highest BCUT2D eigenvalue weighted by Crippen LogP contribution is 2.34. The summed E-state index contributed by atoms with van der Waals surface area (Å²) >= 11 is 0. The number of carbonyl (C=O) groups excluding carboxylic acids is 2. The van der Waals surface area contributed by atoms with E-state index < -0.39 is 11.0 Å². The molecule has 2 atom stereocenters. The van der Waals surface area contributed by atoms with Gasteiger partial charge in [0.2, 0.25) is 11.8 Å². The monoisotopic (exact) mass is 345 g/mol. The average Bonchev–Trinajstić information content (AvgIpc) is 3.30. The molecule has 1 heterocycles. The van der Waals surface area contributed by atoms with E-state index in [1.165, 1.54) is 6.07 Å². The van der Waals surface area contributed by atoms with Gasteiger partial charge in [0.1, 0.15) is 6.04 Å². The van der Waals surface area contributed by atoms with Crippen molar-refractivity contribution < 1.29 is 14.5 Å². The van der Waals surface area contributed by atoms with Crippen molar-refractivity contribution in [3.8, 4) is 0 Å². The largest absolute Gasteiger partial charge is 0.348 e. The van der Waals surface area contributed by atoms with Crippen LogP contribution in [-0.2, 0) is 9.59 Å². The molecule has 0 bridgehead atoms. The Hall–Kier alpha value is -2.44. The molecule has 25 heavy (non-hydrogen) atoms. The molecule has 1 aliphatic heterocycles. The molecule has 0 unspecified atom stereocenters. The number of aryl methyl sites for hydroxylation is 1. The Labute approximate surface area is 146 Å². The Balaban J connectivity index is 1.68. The number of benzene rings is 1. The summed E-state index contributed by atoms with van der Waals surface area (Å²) in [7, 11) is 0. The maximum Gasteiger partial charge on any atom is 0.272 e. The van der Waals surface area contributed by atoms with Crippen LogP contribution in [0.4, 0.5) is 5.69 Å². The molecule has 134 valence electrons. The average molecular weight is 345 g/mol. The number of nitrogens with one attached hydrogen (secondary N) is 1. The maximum atomic E-state index is 12.6. The van der Waals surface area contributed by atoms with Gasteiger partial charge in [-0.2, -0.15) is 0 Å². The normalized spacial score (nSPS) is 21.0. The Kier molecular flexibility index (Phi) is 4.74. The molecule has 2 amide bonds. The van der Waals surface area contributed by atoms with E-state index in [2.05, 4.69) is 5.32 Å². The second-order valence-corrected chi connectivity index (χ2v) is 7.00. The van der Waals surface area contributed by atoms with Crippen molar-refractivity contribution in [2.75, 3.05) is 6.54 Å². The zero-order chi connectivity index (χ0) is 18.1.